The van der Waals surface area contributed by atoms with E-state index in [0.29, 0.717) is 16.8 Å². The third-order valence-corrected chi connectivity index (χ3v) is 4.28. The lowest BCUT2D eigenvalue weighted by Crippen LogP contribution is -2.47. The monoisotopic (exact) mass is 385 g/mol. The van der Waals surface area contributed by atoms with Crippen molar-refractivity contribution >= 4 is 40.2 Å². The fourth-order valence-electron chi connectivity index (χ4n) is 2.81. The highest BCUT2D eigenvalue weighted by Gasteiger charge is 2.30. The lowest BCUT2D eigenvalue weighted by molar-refractivity contribution is -0.117. The van der Waals surface area contributed by atoms with Crippen LogP contribution in [0, 0.1) is 5.92 Å². The van der Waals surface area contributed by atoms with E-state index in [9.17, 15) is 14.4 Å². The number of fused-ring (bicyclic) bond motifs is 1. The van der Waals surface area contributed by atoms with Crippen LogP contribution in [0.25, 0.3) is 10.8 Å². The predicted molar refractivity (Wildman–Crippen MR) is 105 cm³/mol. The first-order valence-corrected chi connectivity index (χ1v) is 9.28. The van der Waals surface area contributed by atoms with Crippen molar-refractivity contribution in [3.05, 3.63) is 36.4 Å². The van der Waals surface area contributed by atoms with E-state index >= 15 is 0 Å². The number of hydrogen-bond acceptors (Lipinski definition) is 5. The molecule has 148 valence electrons. The molecule has 1 aliphatic carbocycles. The van der Waals surface area contributed by atoms with Crippen molar-refractivity contribution < 1.29 is 23.9 Å². The van der Waals surface area contributed by atoms with Crippen molar-refractivity contribution in [2.75, 3.05) is 23.5 Å². The van der Waals surface area contributed by atoms with Gasteiger partial charge >= 0.3 is 12.2 Å². The molecule has 0 bridgehead atoms. The van der Waals surface area contributed by atoms with Crippen LogP contribution in [0.5, 0.6) is 0 Å². The standard InChI is InChI=1S/C20H23N3O5/c1-3-27-19(25)22-23(20(26)28-4-2)17-12-11-16(21-18(24)13-9-10-13)14-7-5-6-8-15(14)17/h5-8,11-13H,3-4,9-10H2,1-2H3,(H,21,24)(H,22,25). The number of carbonyl (C=O) groups excluding carboxylic acids is 3. The molecule has 0 saturated heterocycles. The van der Waals surface area contributed by atoms with Gasteiger partial charge in [-0.3, -0.25) is 4.79 Å². The molecule has 8 heteroatoms. The van der Waals surface area contributed by atoms with E-state index in [2.05, 4.69) is 10.7 Å². The molecule has 2 aromatic carbocycles. The summed E-state index contributed by atoms with van der Waals surface area (Å²) in [6.45, 7) is 3.65. The van der Waals surface area contributed by atoms with Crippen LogP contribution in [-0.4, -0.2) is 31.3 Å². The van der Waals surface area contributed by atoms with Gasteiger partial charge in [0.05, 0.1) is 18.9 Å². The van der Waals surface area contributed by atoms with Crippen molar-refractivity contribution in [2.45, 2.75) is 26.7 Å². The van der Waals surface area contributed by atoms with Crippen LogP contribution in [0.15, 0.2) is 36.4 Å². The van der Waals surface area contributed by atoms with E-state index in [1.165, 1.54) is 0 Å². The van der Waals surface area contributed by atoms with Crippen LogP contribution in [0.2, 0.25) is 0 Å². The molecule has 0 unspecified atom stereocenters. The van der Waals surface area contributed by atoms with Gasteiger partial charge in [0.15, 0.2) is 0 Å². The Morgan fingerprint density at radius 2 is 1.68 bits per heavy atom. The van der Waals surface area contributed by atoms with E-state index in [1.54, 1.807) is 32.0 Å². The average molecular weight is 385 g/mol. The third-order valence-electron chi connectivity index (χ3n) is 4.28. The molecule has 1 aliphatic rings. The summed E-state index contributed by atoms with van der Waals surface area (Å²) in [7, 11) is 0. The minimum absolute atomic E-state index is 0.00944. The number of hydrazine groups is 1. The molecule has 8 nitrogen and oxygen atoms in total. The van der Waals surface area contributed by atoms with Gasteiger partial charge in [-0.25, -0.2) is 15.0 Å². The quantitative estimate of drug-likeness (QED) is 0.763. The number of carbonyl (C=O) groups is 3. The largest absolute Gasteiger partial charge is 0.449 e. The minimum atomic E-state index is -0.772. The first-order valence-electron chi connectivity index (χ1n) is 9.28. The Bertz CT molecular complexity index is 895. The van der Waals surface area contributed by atoms with E-state index in [0.717, 1.165) is 23.2 Å². The molecule has 1 fully saturated rings. The Morgan fingerprint density at radius 3 is 2.32 bits per heavy atom. The molecule has 2 N–H and O–H groups in total. The van der Waals surface area contributed by atoms with Crippen LogP contribution in [0.4, 0.5) is 21.0 Å². The summed E-state index contributed by atoms with van der Waals surface area (Å²) in [6, 6.07) is 10.6. The normalized spacial score (nSPS) is 12.9. The Labute approximate surface area is 162 Å². The first kappa shape index (κ1) is 19.5. The van der Waals surface area contributed by atoms with Crippen molar-refractivity contribution in [3.63, 3.8) is 0 Å². The zero-order valence-corrected chi connectivity index (χ0v) is 15.9. The molecule has 3 rings (SSSR count). The fraction of sp³-hybridized carbons (Fsp3) is 0.350. The number of benzene rings is 2. The molecule has 0 spiro atoms. The second kappa shape index (κ2) is 8.60. The summed E-state index contributed by atoms with van der Waals surface area (Å²) in [5.74, 6) is 0.0600. The van der Waals surface area contributed by atoms with Crippen LogP contribution in [0.3, 0.4) is 0 Å². The lowest BCUT2D eigenvalue weighted by atomic mass is 10.1. The topological polar surface area (TPSA) is 97.0 Å². The van der Waals surface area contributed by atoms with E-state index in [4.69, 9.17) is 9.47 Å². The van der Waals surface area contributed by atoms with Crippen LogP contribution in [0.1, 0.15) is 26.7 Å². The zero-order valence-electron chi connectivity index (χ0n) is 15.9. The molecule has 0 aliphatic heterocycles. The van der Waals surface area contributed by atoms with Crippen molar-refractivity contribution in [2.24, 2.45) is 5.92 Å². The van der Waals surface area contributed by atoms with E-state index in [-0.39, 0.29) is 25.0 Å². The summed E-state index contributed by atoms with van der Waals surface area (Å²) in [4.78, 5) is 36.6. The summed E-state index contributed by atoms with van der Waals surface area (Å²) < 4.78 is 9.96. The van der Waals surface area contributed by atoms with Gasteiger partial charge in [0.25, 0.3) is 0 Å². The first-order chi connectivity index (χ1) is 13.5. The molecule has 28 heavy (non-hydrogen) atoms. The SMILES string of the molecule is CCOC(=O)NN(C(=O)OCC)c1ccc(NC(=O)C2CC2)c2ccccc12. The van der Waals surface area contributed by atoms with Gasteiger partial charge in [-0.05, 0) is 38.8 Å². The number of nitrogens with zero attached hydrogens (tertiary/aromatic N) is 1. The van der Waals surface area contributed by atoms with Crippen LogP contribution >= 0.6 is 0 Å². The average Bonchev–Trinajstić information content (AvgIpc) is 3.52. The number of anilines is 2. The highest BCUT2D eigenvalue weighted by Crippen LogP contribution is 2.35. The van der Waals surface area contributed by atoms with Crippen LogP contribution in [-0.2, 0) is 14.3 Å². The molecular weight excluding hydrogens is 362 g/mol. The Kier molecular flexibility index (Phi) is 5.98. The van der Waals surface area contributed by atoms with Gasteiger partial charge in [0.1, 0.15) is 0 Å². The molecule has 0 heterocycles. The maximum absolute atomic E-state index is 12.5. The number of hydrogen-bond donors (Lipinski definition) is 2. The highest BCUT2D eigenvalue weighted by atomic mass is 16.6. The molecule has 2 aromatic rings. The summed E-state index contributed by atoms with van der Waals surface area (Å²) in [5.41, 5.74) is 3.47. The van der Waals surface area contributed by atoms with E-state index in [1.807, 2.05) is 18.2 Å². The zero-order chi connectivity index (χ0) is 20.1. The van der Waals surface area contributed by atoms with Crippen molar-refractivity contribution in [1.82, 2.24) is 5.43 Å². The lowest BCUT2D eigenvalue weighted by Gasteiger charge is -2.24. The van der Waals surface area contributed by atoms with Crippen molar-refractivity contribution in [3.8, 4) is 0 Å². The minimum Gasteiger partial charge on any atom is -0.449 e. The maximum Gasteiger partial charge on any atom is 0.433 e. The molecule has 0 aromatic heterocycles. The smallest absolute Gasteiger partial charge is 0.433 e. The van der Waals surface area contributed by atoms with Gasteiger partial charge in [0, 0.05) is 22.4 Å². The second-order valence-electron chi connectivity index (χ2n) is 6.31. The molecular formula is C20H23N3O5. The fourth-order valence-corrected chi connectivity index (χ4v) is 2.81. The molecule has 1 saturated carbocycles. The van der Waals surface area contributed by atoms with Gasteiger partial charge in [0.2, 0.25) is 5.91 Å². The molecule has 0 radical (unpaired) electrons. The summed E-state index contributed by atoms with van der Waals surface area (Å²) >= 11 is 0. The molecule has 3 amide bonds. The van der Waals surface area contributed by atoms with E-state index < -0.39 is 12.2 Å². The van der Waals surface area contributed by atoms with Crippen molar-refractivity contribution in [1.29, 1.82) is 0 Å². The maximum atomic E-state index is 12.5. The highest BCUT2D eigenvalue weighted by molar-refractivity contribution is 6.10. The van der Waals surface area contributed by atoms with Gasteiger partial charge in [-0.1, -0.05) is 24.3 Å². The summed E-state index contributed by atoms with van der Waals surface area (Å²) in [5, 5.41) is 5.36. The Morgan fingerprint density at radius 1 is 1.00 bits per heavy atom. The van der Waals surface area contributed by atoms with Gasteiger partial charge in [-0.2, -0.15) is 5.01 Å². The van der Waals surface area contributed by atoms with Crippen LogP contribution < -0.4 is 15.8 Å². The summed E-state index contributed by atoms with van der Waals surface area (Å²) in [6.07, 6.45) is 0.297. The van der Waals surface area contributed by atoms with Gasteiger partial charge in [-0.15, -0.1) is 0 Å². The number of rotatable bonds is 5. The number of ether oxygens (including phenoxy) is 2. The number of amides is 3. The predicted octanol–water partition coefficient (Wildman–Crippen LogP) is 3.81. The Balaban J connectivity index is 1.99. The number of nitrogens with one attached hydrogen (secondary N) is 2. The van der Waals surface area contributed by atoms with Gasteiger partial charge < -0.3 is 14.8 Å². The Hall–Kier alpha value is -3.29. The molecule has 0 atom stereocenters. The third kappa shape index (κ3) is 4.33. The second-order valence-corrected chi connectivity index (χ2v) is 6.31.